The topological polar surface area (TPSA) is 80.6 Å². The van der Waals surface area contributed by atoms with Crippen LogP contribution in [0, 0.1) is 0 Å². The van der Waals surface area contributed by atoms with Gasteiger partial charge in [0, 0.05) is 0 Å². The zero-order chi connectivity index (χ0) is 9.42. The average molecular weight is 177 g/mol. The van der Waals surface area contributed by atoms with Crippen LogP contribution in [-0.2, 0) is 0 Å². The zero-order valence-electron chi connectivity index (χ0n) is 6.64. The highest BCUT2D eigenvalue weighted by Crippen LogP contribution is 2.12. The molecule has 0 spiro atoms. The van der Waals surface area contributed by atoms with E-state index in [4.69, 9.17) is 10.8 Å². The largest absolute Gasteiger partial charge is 0.476 e. The van der Waals surface area contributed by atoms with Crippen molar-refractivity contribution in [3.8, 4) is 0 Å². The number of carboxylic acids is 1. The van der Waals surface area contributed by atoms with Gasteiger partial charge in [0.2, 0.25) is 0 Å². The van der Waals surface area contributed by atoms with Crippen LogP contribution in [0.1, 0.15) is 10.5 Å². The molecule has 2 aromatic heterocycles. The Morgan fingerprint density at radius 1 is 1.54 bits per heavy atom. The lowest BCUT2D eigenvalue weighted by molar-refractivity contribution is 0.0693. The van der Waals surface area contributed by atoms with Crippen LogP contribution in [0.2, 0.25) is 0 Å². The van der Waals surface area contributed by atoms with Crippen molar-refractivity contribution in [3.05, 3.63) is 30.2 Å². The van der Waals surface area contributed by atoms with Crippen LogP contribution in [0.5, 0.6) is 0 Å². The molecule has 0 fully saturated rings. The Hall–Kier alpha value is -2.04. The molecule has 0 aliphatic carbocycles. The molecule has 0 saturated carbocycles. The summed E-state index contributed by atoms with van der Waals surface area (Å²) in [7, 11) is 0. The summed E-state index contributed by atoms with van der Waals surface area (Å²) in [4.78, 5) is 14.4. The molecule has 0 aliphatic heterocycles. The molecule has 0 atom stereocenters. The fourth-order valence-electron chi connectivity index (χ4n) is 1.21. The third-order valence-electron chi connectivity index (χ3n) is 1.81. The minimum absolute atomic E-state index is 0.0206. The number of imidazole rings is 1. The molecule has 0 saturated heterocycles. The Labute approximate surface area is 73.4 Å². The quantitative estimate of drug-likeness (QED) is 0.668. The maximum absolute atomic E-state index is 10.7. The molecule has 0 bridgehead atoms. The van der Waals surface area contributed by atoms with E-state index in [2.05, 4.69) is 4.98 Å². The third-order valence-corrected chi connectivity index (χ3v) is 1.81. The Kier molecular flexibility index (Phi) is 1.45. The van der Waals surface area contributed by atoms with Crippen LogP contribution >= 0.6 is 0 Å². The number of nitrogens with zero attached hydrogens (tertiary/aromatic N) is 2. The fourth-order valence-corrected chi connectivity index (χ4v) is 1.21. The Bertz CT molecular complexity index is 475. The molecule has 2 rings (SSSR count). The van der Waals surface area contributed by atoms with Gasteiger partial charge in [0.1, 0.15) is 12.1 Å². The predicted molar refractivity (Wildman–Crippen MR) is 46.6 cm³/mol. The molecule has 0 radical (unpaired) electrons. The maximum atomic E-state index is 10.7. The standard InChI is InChI=1S/C8H7N3O2/c9-6-3-1-2-5-7(8(12)13)10-4-11(5)6/h1-4H,9H2,(H,12,13). The van der Waals surface area contributed by atoms with Crippen molar-refractivity contribution in [1.82, 2.24) is 9.38 Å². The van der Waals surface area contributed by atoms with Crippen molar-refractivity contribution in [2.45, 2.75) is 0 Å². The van der Waals surface area contributed by atoms with E-state index in [0.717, 1.165) is 0 Å². The highest BCUT2D eigenvalue weighted by molar-refractivity contribution is 5.93. The van der Waals surface area contributed by atoms with Crippen molar-refractivity contribution in [3.63, 3.8) is 0 Å². The first-order valence-electron chi connectivity index (χ1n) is 3.65. The molecular weight excluding hydrogens is 170 g/mol. The number of fused-ring (bicyclic) bond motifs is 1. The zero-order valence-corrected chi connectivity index (χ0v) is 6.64. The van der Waals surface area contributed by atoms with Crippen molar-refractivity contribution in [2.24, 2.45) is 0 Å². The van der Waals surface area contributed by atoms with Gasteiger partial charge in [-0.2, -0.15) is 0 Å². The van der Waals surface area contributed by atoms with E-state index in [1.54, 1.807) is 18.2 Å². The van der Waals surface area contributed by atoms with Crippen LogP contribution in [-0.4, -0.2) is 20.5 Å². The number of nitrogens with two attached hydrogens (primary N) is 1. The molecule has 0 aliphatic rings. The summed E-state index contributed by atoms with van der Waals surface area (Å²) in [5, 5.41) is 8.75. The lowest BCUT2D eigenvalue weighted by Crippen LogP contribution is -1.98. The second kappa shape index (κ2) is 2.48. The first-order valence-corrected chi connectivity index (χ1v) is 3.65. The summed E-state index contributed by atoms with van der Waals surface area (Å²) >= 11 is 0. The molecule has 0 unspecified atom stereocenters. The van der Waals surface area contributed by atoms with Crippen LogP contribution in [0.15, 0.2) is 24.5 Å². The lowest BCUT2D eigenvalue weighted by Gasteiger charge is -1.97. The van der Waals surface area contributed by atoms with Crippen LogP contribution in [0.25, 0.3) is 5.52 Å². The van der Waals surface area contributed by atoms with Crippen molar-refractivity contribution in [1.29, 1.82) is 0 Å². The molecule has 3 N–H and O–H groups in total. The number of anilines is 1. The van der Waals surface area contributed by atoms with E-state index in [1.807, 2.05) is 0 Å². The van der Waals surface area contributed by atoms with E-state index in [9.17, 15) is 4.79 Å². The van der Waals surface area contributed by atoms with Gasteiger partial charge < -0.3 is 10.8 Å². The molecule has 13 heavy (non-hydrogen) atoms. The number of aromatic nitrogens is 2. The number of carboxylic acid groups (broad SMARTS) is 1. The molecule has 0 amide bonds. The smallest absolute Gasteiger partial charge is 0.356 e. The van der Waals surface area contributed by atoms with Crippen LogP contribution in [0.4, 0.5) is 5.82 Å². The van der Waals surface area contributed by atoms with Crippen molar-refractivity contribution < 1.29 is 9.90 Å². The van der Waals surface area contributed by atoms with E-state index >= 15 is 0 Å². The number of rotatable bonds is 1. The molecule has 2 heterocycles. The fraction of sp³-hybridized carbons (Fsp3) is 0. The number of nitrogen functional groups attached to an aromatic ring is 1. The Morgan fingerprint density at radius 2 is 2.31 bits per heavy atom. The van der Waals surface area contributed by atoms with Gasteiger partial charge in [-0.15, -0.1) is 0 Å². The second-order valence-corrected chi connectivity index (χ2v) is 2.60. The minimum Gasteiger partial charge on any atom is -0.476 e. The van der Waals surface area contributed by atoms with Gasteiger partial charge in [0.25, 0.3) is 0 Å². The summed E-state index contributed by atoms with van der Waals surface area (Å²) < 4.78 is 1.53. The number of aromatic carboxylic acids is 1. The van der Waals surface area contributed by atoms with Gasteiger partial charge in [0.15, 0.2) is 5.69 Å². The lowest BCUT2D eigenvalue weighted by atomic mass is 10.3. The number of hydrogen-bond acceptors (Lipinski definition) is 3. The van der Waals surface area contributed by atoms with Gasteiger partial charge in [-0.25, -0.2) is 9.78 Å². The molecule has 2 aromatic rings. The molecule has 66 valence electrons. The first kappa shape index (κ1) is 7.60. The summed E-state index contributed by atoms with van der Waals surface area (Å²) in [5.74, 6) is -0.578. The average Bonchev–Trinajstić information content (AvgIpc) is 2.48. The number of pyridine rings is 1. The normalized spacial score (nSPS) is 10.5. The highest BCUT2D eigenvalue weighted by atomic mass is 16.4. The maximum Gasteiger partial charge on any atom is 0.356 e. The Balaban J connectivity index is 2.83. The van der Waals surface area contributed by atoms with Gasteiger partial charge in [-0.1, -0.05) is 6.07 Å². The SMILES string of the molecule is Nc1cccc2c(C(=O)O)ncn12. The number of carbonyl (C=O) groups is 1. The molecule has 5 nitrogen and oxygen atoms in total. The van der Waals surface area contributed by atoms with Gasteiger partial charge in [-0.05, 0) is 12.1 Å². The van der Waals surface area contributed by atoms with E-state index in [0.29, 0.717) is 11.3 Å². The second-order valence-electron chi connectivity index (χ2n) is 2.60. The summed E-state index contributed by atoms with van der Waals surface area (Å²) in [6.07, 6.45) is 1.40. The summed E-state index contributed by atoms with van der Waals surface area (Å²) in [6, 6.07) is 5.03. The number of hydrogen-bond donors (Lipinski definition) is 2. The molecule has 0 aromatic carbocycles. The van der Waals surface area contributed by atoms with E-state index in [1.165, 1.54) is 10.7 Å². The predicted octanol–water partition coefficient (Wildman–Crippen LogP) is 0.615. The van der Waals surface area contributed by atoms with Gasteiger partial charge >= 0.3 is 5.97 Å². The van der Waals surface area contributed by atoms with E-state index in [-0.39, 0.29) is 5.69 Å². The highest BCUT2D eigenvalue weighted by Gasteiger charge is 2.11. The molecule has 5 heteroatoms. The van der Waals surface area contributed by atoms with Crippen molar-refractivity contribution >= 4 is 17.3 Å². The third kappa shape index (κ3) is 1.01. The summed E-state index contributed by atoms with van der Waals surface area (Å²) in [5.41, 5.74) is 6.13. The van der Waals surface area contributed by atoms with E-state index < -0.39 is 5.97 Å². The van der Waals surface area contributed by atoms with Crippen LogP contribution in [0.3, 0.4) is 0 Å². The molecular formula is C8H7N3O2. The monoisotopic (exact) mass is 177 g/mol. The van der Waals surface area contributed by atoms with Gasteiger partial charge in [0.05, 0.1) is 5.52 Å². The first-order chi connectivity index (χ1) is 6.20. The van der Waals surface area contributed by atoms with Gasteiger partial charge in [-0.3, -0.25) is 4.40 Å². The minimum atomic E-state index is -1.05. The van der Waals surface area contributed by atoms with Crippen molar-refractivity contribution in [2.75, 3.05) is 5.73 Å². The summed E-state index contributed by atoms with van der Waals surface area (Å²) in [6.45, 7) is 0. The van der Waals surface area contributed by atoms with Crippen LogP contribution < -0.4 is 5.73 Å². The Morgan fingerprint density at radius 3 is 3.00 bits per heavy atom.